The number of amides is 1. The lowest BCUT2D eigenvalue weighted by molar-refractivity contribution is -0.150. The minimum Gasteiger partial charge on any atom is -0.481 e. The van der Waals surface area contributed by atoms with Crippen LogP contribution in [0.2, 0.25) is 0 Å². The number of rotatable bonds is 3. The molecule has 6 nitrogen and oxygen atoms in total. The number of carboxylic acid groups (broad SMARTS) is 1. The van der Waals surface area contributed by atoms with Gasteiger partial charge in [-0.2, -0.15) is 0 Å². The maximum absolute atomic E-state index is 12.3. The Morgan fingerprint density at radius 2 is 2.16 bits per heavy atom. The predicted molar refractivity (Wildman–Crippen MR) is 70.1 cm³/mol. The van der Waals surface area contributed by atoms with E-state index in [1.165, 1.54) is 0 Å². The summed E-state index contributed by atoms with van der Waals surface area (Å²) in [6.45, 7) is 6.25. The summed E-state index contributed by atoms with van der Waals surface area (Å²) in [4.78, 5) is 26.0. The van der Waals surface area contributed by atoms with E-state index < -0.39 is 11.4 Å². The summed E-state index contributed by atoms with van der Waals surface area (Å²) in [5, 5.41) is 13.3. The number of aryl methyl sites for hydroxylation is 1. The molecule has 2 heterocycles. The van der Waals surface area contributed by atoms with E-state index in [1.54, 1.807) is 11.8 Å². The Bertz CT molecular complexity index is 514. The van der Waals surface area contributed by atoms with E-state index in [2.05, 4.69) is 9.59 Å². The summed E-state index contributed by atoms with van der Waals surface area (Å²) in [6, 6.07) is 0. The second kappa shape index (κ2) is 4.88. The molecule has 104 valence electrons. The van der Waals surface area contributed by atoms with Crippen LogP contribution in [0.5, 0.6) is 0 Å². The Balaban J connectivity index is 2.20. The lowest BCUT2D eigenvalue weighted by Gasteiger charge is -2.28. The van der Waals surface area contributed by atoms with Crippen molar-refractivity contribution in [2.75, 3.05) is 13.1 Å². The van der Waals surface area contributed by atoms with Crippen molar-refractivity contribution in [3.05, 3.63) is 10.6 Å². The lowest BCUT2D eigenvalue weighted by atomic mass is 9.76. The summed E-state index contributed by atoms with van der Waals surface area (Å²) in [6.07, 6.45) is 0.497. The molecule has 2 rings (SSSR count). The highest BCUT2D eigenvalue weighted by Crippen LogP contribution is 2.38. The monoisotopic (exact) mass is 283 g/mol. The van der Waals surface area contributed by atoms with Crippen LogP contribution in [0.1, 0.15) is 35.6 Å². The lowest BCUT2D eigenvalue weighted by Crippen LogP contribution is -2.40. The molecule has 7 heteroatoms. The molecule has 0 aliphatic carbocycles. The number of aliphatic carboxylic acids is 1. The number of carbonyl (C=O) groups is 2. The molecule has 0 radical (unpaired) electrons. The van der Waals surface area contributed by atoms with Gasteiger partial charge in [0, 0.05) is 13.1 Å². The van der Waals surface area contributed by atoms with Crippen molar-refractivity contribution in [3.63, 3.8) is 0 Å². The molecule has 0 spiro atoms. The van der Waals surface area contributed by atoms with E-state index in [1.807, 2.05) is 13.8 Å². The van der Waals surface area contributed by atoms with Gasteiger partial charge in [0.05, 0.1) is 11.1 Å². The number of likely N-dealkylation sites (tertiary alicyclic amines) is 1. The quantitative estimate of drug-likeness (QED) is 0.907. The van der Waals surface area contributed by atoms with Gasteiger partial charge in [0.15, 0.2) is 0 Å². The molecule has 1 aromatic rings. The molecule has 0 aromatic carbocycles. The van der Waals surface area contributed by atoms with Crippen molar-refractivity contribution < 1.29 is 14.7 Å². The fraction of sp³-hybridized carbons (Fsp3) is 0.667. The van der Waals surface area contributed by atoms with Crippen molar-refractivity contribution in [1.29, 1.82) is 0 Å². The third-order valence-electron chi connectivity index (χ3n) is 3.96. The molecule has 1 atom stereocenters. The van der Waals surface area contributed by atoms with Gasteiger partial charge in [0.25, 0.3) is 5.91 Å². The molecule has 1 fully saturated rings. The minimum atomic E-state index is -0.832. The minimum absolute atomic E-state index is 0.0107. The SMILES string of the molecule is Cc1nnsc1C(=O)N1CCC(C(=O)O)(C(C)C)C1. The number of carboxylic acids is 1. The highest BCUT2D eigenvalue weighted by molar-refractivity contribution is 7.07. The number of hydrogen-bond donors (Lipinski definition) is 1. The third kappa shape index (κ3) is 2.22. The third-order valence-corrected chi connectivity index (χ3v) is 4.78. The first-order chi connectivity index (χ1) is 8.88. The fourth-order valence-electron chi connectivity index (χ4n) is 2.47. The number of aromatic nitrogens is 2. The Morgan fingerprint density at radius 1 is 1.47 bits per heavy atom. The van der Waals surface area contributed by atoms with Crippen LogP contribution in [0.15, 0.2) is 0 Å². The topological polar surface area (TPSA) is 83.4 Å². The first kappa shape index (κ1) is 13.9. The Morgan fingerprint density at radius 3 is 2.58 bits per heavy atom. The molecule has 0 bridgehead atoms. The molecule has 1 N–H and O–H groups in total. The fourth-order valence-corrected chi connectivity index (χ4v) is 3.10. The average molecular weight is 283 g/mol. The van der Waals surface area contributed by atoms with Crippen LogP contribution in [0.25, 0.3) is 0 Å². The van der Waals surface area contributed by atoms with Crippen LogP contribution < -0.4 is 0 Å². The summed E-state index contributed by atoms with van der Waals surface area (Å²) < 4.78 is 3.75. The molecule has 1 amide bonds. The van der Waals surface area contributed by atoms with Gasteiger partial charge in [-0.25, -0.2) is 0 Å². The van der Waals surface area contributed by atoms with Crippen molar-refractivity contribution in [1.82, 2.24) is 14.5 Å². The molecule has 1 aliphatic rings. The molecule has 1 aromatic heterocycles. The highest BCUT2D eigenvalue weighted by atomic mass is 32.1. The van der Waals surface area contributed by atoms with Crippen molar-refractivity contribution in [3.8, 4) is 0 Å². The van der Waals surface area contributed by atoms with Crippen LogP contribution in [0.3, 0.4) is 0 Å². The van der Waals surface area contributed by atoms with Crippen molar-refractivity contribution in [2.24, 2.45) is 11.3 Å². The van der Waals surface area contributed by atoms with E-state index >= 15 is 0 Å². The van der Waals surface area contributed by atoms with E-state index in [0.717, 1.165) is 11.5 Å². The smallest absolute Gasteiger partial charge is 0.311 e. The number of nitrogens with zero attached hydrogens (tertiary/aromatic N) is 3. The van der Waals surface area contributed by atoms with Crippen LogP contribution in [0.4, 0.5) is 0 Å². The van der Waals surface area contributed by atoms with E-state index in [9.17, 15) is 14.7 Å². The molecule has 1 saturated heterocycles. The van der Waals surface area contributed by atoms with Gasteiger partial charge < -0.3 is 10.0 Å². The van der Waals surface area contributed by atoms with Crippen LogP contribution >= 0.6 is 11.5 Å². The largest absolute Gasteiger partial charge is 0.481 e. The van der Waals surface area contributed by atoms with Gasteiger partial charge in [-0.1, -0.05) is 18.3 Å². The van der Waals surface area contributed by atoms with Gasteiger partial charge in [-0.05, 0) is 30.8 Å². The van der Waals surface area contributed by atoms with Gasteiger partial charge >= 0.3 is 5.97 Å². The normalized spacial score (nSPS) is 23.1. The summed E-state index contributed by atoms with van der Waals surface area (Å²) in [7, 11) is 0. The van der Waals surface area contributed by atoms with E-state index in [-0.39, 0.29) is 18.4 Å². The van der Waals surface area contributed by atoms with Gasteiger partial charge in [0.1, 0.15) is 4.88 Å². The molecule has 1 unspecified atom stereocenters. The summed E-state index contributed by atoms with van der Waals surface area (Å²) in [5.74, 6) is -0.989. The van der Waals surface area contributed by atoms with Gasteiger partial charge in [-0.15, -0.1) is 5.10 Å². The first-order valence-corrected chi connectivity index (χ1v) is 6.97. The van der Waals surface area contributed by atoms with Gasteiger partial charge in [0.2, 0.25) is 0 Å². The predicted octanol–water partition coefficient (Wildman–Crippen LogP) is 1.42. The summed E-state index contributed by atoms with van der Waals surface area (Å²) >= 11 is 1.06. The maximum Gasteiger partial charge on any atom is 0.311 e. The molecule has 0 saturated carbocycles. The van der Waals surface area contributed by atoms with Crippen molar-refractivity contribution in [2.45, 2.75) is 27.2 Å². The molecular formula is C12H17N3O3S. The van der Waals surface area contributed by atoms with E-state index in [4.69, 9.17) is 0 Å². The zero-order valence-electron chi connectivity index (χ0n) is 11.2. The summed E-state index contributed by atoms with van der Waals surface area (Å²) in [5.41, 5.74) is -0.228. The Kier molecular flexibility index (Phi) is 3.58. The average Bonchev–Trinajstić information content (AvgIpc) is 2.94. The molecular weight excluding hydrogens is 266 g/mol. The zero-order chi connectivity index (χ0) is 14.2. The zero-order valence-corrected chi connectivity index (χ0v) is 12.0. The number of carbonyl (C=O) groups excluding carboxylic acids is 1. The Labute approximate surface area is 115 Å². The number of hydrogen-bond acceptors (Lipinski definition) is 5. The van der Waals surface area contributed by atoms with Crippen LogP contribution in [0, 0.1) is 18.3 Å². The van der Waals surface area contributed by atoms with Crippen LogP contribution in [-0.2, 0) is 4.79 Å². The standard InChI is InChI=1S/C12H17N3O3S/c1-7(2)12(11(17)18)4-5-15(6-12)10(16)9-8(3)13-14-19-9/h7H,4-6H2,1-3H3,(H,17,18). The second-order valence-corrected chi connectivity index (χ2v) is 6.03. The Hall–Kier alpha value is -1.50. The molecule has 19 heavy (non-hydrogen) atoms. The van der Waals surface area contributed by atoms with Crippen molar-refractivity contribution >= 4 is 23.4 Å². The van der Waals surface area contributed by atoms with Gasteiger partial charge in [-0.3, -0.25) is 9.59 Å². The maximum atomic E-state index is 12.3. The van der Waals surface area contributed by atoms with E-state index in [0.29, 0.717) is 23.5 Å². The highest BCUT2D eigenvalue weighted by Gasteiger charge is 2.48. The van der Waals surface area contributed by atoms with Crippen LogP contribution in [-0.4, -0.2) is 44.6 Å². The first-order valence-electron chi connectivity index (χ1n) is 6.20. The molecule has 1 aliphatic heterocycles. The second-order valence-electron chi connectivity index (χ2n) is 5.28.